The maximum Gasteiger partial charge on any atom is 0.231 e. The number of nitrogens with zero attached hydrogens (tertiary/aromatic N) is 2. The fraction of sp³-hybridized carbons (Fsp3) is 0.375. The molecule has 0 saturated heterocycles. The average molecular weight is 438 g/mol. The molecular weight excluding hydrogens is 412 g/mol. The minimum absolute atomic E-state index is 0.152. The number of hydrogen-bond acceptors (Lipinski definition) is 8. The van der Waals surface area contributed by atoms with Crippen molar-refractivity contribution in [2.24, 2.45) is 5.16 Å². The molecule has 168 valence electrons. The molecule has 4 rings (SSSR count). The van der Waals surface area contributed by atoms with Crippen LogP contribution in [0, 0.1) is 11.8 Å². The van der Waals surface area contributed by atoms with Gasteiger partial charge in [-0.1, -0.05) is 17.0 Å². The minimum Gasteiger partial charge on any atom is -0.492 e. The fourth-order valence-corrected chi connectivity index (χ4v) is 3.93. The van der Waals surface area contributed by atoms with E-state index in [0.29, 0.717) is 35.2 Å². The van der Waals surface area contributed by atoms with E-state index >= 15 is 0 Å². The van der Waals surface area contributed by atoms with Crippen LogP contribution in [-0.2, 0) is 6.42 Å². The van der Waals surface area contributed by atoms with Gasteiger partial charge in [-0.2, -0.15) is 0 Å². The lowest BCUT2D eigenvalue weighted by Crippen LogP contribution is -2.31. The zero-order valence-electron chi connectivity index (χ0n) is 18.4. The molecule has 8 nitrogen and oxygen atoms in total. The van der Waals surface area contributed by atoms with Gasteiger partial charge >= 0.3 is 0 Å². The predicted molar refractivity (Wildman–Crippen MR) is 118 cm³/mol. The van der Waals surface area contributed by atoms with Crippen LogP contribution < -0.4 is 23.7 Å². The molecule has 0 radical (unpaired) electrons. The third-order valence-corrected chi connectivity index (χ3v) is 5.41. The number of rotatable bonds is 6. The van der Waals surface area contributed by atoms with Crippen LogP contribution in [0.2, 0.25) is 0 Å². The molecule has 1 N–H and O–H groups in total. The molecule has 0 amide bonds. The Hall–Kier alpha value is -3.57. The molecule has 0 bridgehead atoms. The van der Waals surface area contributed by atoms with Crippen molar-refractivity contribution in [3.8, 4) is 40.6 Å². The molecule has 1 atom stereocenters. The molecule has 2 aliphatic heterocycles. The van der Waals surface area contributed by atoms with Gasteiger partial charge in [0.15, 0.2) is 23.0 Å². The summed E-state index contributed by atoms with van der Waals surface area (Å²) in [4.78, 5) is 2.19. The van der Waals surface area contributed by atoms with E-state index in [-0.39, 0.29) is 19.4 Å². The predicted octanol–water partition coefficient (Wildman–Crippen LogP) is 3.24. The Labute approximate surface area is 187 Å². The molecule has 32 heavy (non-hydrogen) atoms. The van der Waals surface area contributed by atoms with Crippen molar-refractivity contribution in [2.75, 3.05) is 40.7 Å². The Morgan fingerprint density at radius 3 is 2.91 bits per heavy atom. The Bertz CT molecular complexity index is 1070. The van der Waals surface area contributed by atoms with Crippen LogP contribution in [0.1, 0.15) is 29.7 Å². The lowest BCUT2D eigenvalue weighted by atomic mass is 9.91. The van der Waals surface area contributed by atoms with E-state index in [1.165, 1.54) is 6.21 Å². The first-order valence-electron chi connectivity index (χ1n) is 10.4. The van der Waals surface area contributed by atoms with Gasteiger partial charge in [-0.05, 0) is 50.2 Å². The first-order valence-corrected chi connectivity index (χ1v) is 10.4. The maximum absolute atomic E-state index is 8.74. The van der Waals surface area contributed by atoms with Gasteiger partial charge in [-0.3, -0.25) is 4.90 Å². The molecule has 2 aliphatic rings. The molecule has 8 heteroatoms. The van der Waals surface area contributed by atoms with E-state index in [1.54, 1.807) is 25.3 Å². The summed E-state index contributed by atoms with van der Waals surface area (Å²) in [6.07, 6.45) is 2.22. The third kappa shape index (κ3) is 4.25. The van der Waals surface area contributed by atoms with E-state index in [0.717, 1.165) is 29.8 Å². The number of fused-ring (bicyclic) bond motifs is 2. The first kappa shape index (κ1) is 21.7. The van der Waals surface area contributed by atoms with Gasteiger partial charge in [0.2, 0.25) is 12.5 Å². The quantitative estimate of drug-likeness (QED) is 0.321. The summed E-state index contributed by atoms with van der Waals surface area (Å²) >= 11 is 0. The second kappa shape index (κ2) is 9.71. The Balaban J connectivity index is 1.55. The second-order valence-corrected chi connectivity index (χ2v) is 7.34. The number of likely N-dealkylation sites (N-methyl/N-ethyl adjacent to an activating group) is 1. The first-order chi connectivity index (χ1) is 15.7. The Kier molecular flexibility index (Phi) is 6.57. The molecule has 0 aliphatic carbocycles. The van der Waals surface area contributed by atoms with Crippen molar-refractivity contribution < 1.29 is 28.9 Å². The van der Waals surface area contributed by atoms with E-state index in [1.807, 2.05) is 20.0 Å². The van der Waals surface area contributed by atoms with Gasteiger partial charge in [0.1, 0.15) is 12.6 Å². The molecular formula is C24H26N2O6. The zero-order valence-corrected chi connectivity index (χ0v) is 18.4. The van der Waals surface area contributed by atoms with Gasteiger partial charge in [-0.25, -0.2) is 0 Å². The third-order valence-electron chi connectivity index (χ3n) is 5.41. The SMILES string of the molecule is CCOc1cc(C=NO)ccc1OCC#C[C@H]1c2c(cc3c(c2OC)OCO3)CCN1C. The highest BCUT2D eigenvalue weighted by atomic mass is 16.7. The summed E-state index contributed by atoms with van der Waals surface area (Å²) in [5, 5.41) is 11.8. The largest absolute Gasteiger partial charge is 0.492 e. The van der Waals surface area contributed by atoms with E-state index in [9.17, 15) is 0 Å². The molecule has 0 unspecified atom stereocenters. The van der Waals surface area contributed by atoms with E-state index in [2.05, 4.69) is 21.9 Å². The van der Waals surface area contributed by atoms with Gasteiger partial charge < -0.3 is 28.9 Å². The van der Waals surface area contributed by atoms with Crippen molar-refractivity contribution in [1.29, 1.82) is 0 Å². The van der Waals surface area contributed by atoms with Gasteiger partial charge in [0.05, 0.1) is 19.9 Å². The van der Waals surface area contributed by atoms with Crippen LogP contribution in [0.15, 0.2) is 29.4 Å². The molecule has 2 aromatic carbocycles. The summed E-state index contributed by atoms with van der Waals surface area (Å²) in [5.74, 6) is 9.65. The Morgan fingerprint density at radius 1 is 1.25 bits per heavy atom. The molecule has 2 aromatic rings. The maximum atomic E-state index is 8.74. The zero-order chi connectivity index (χ0) is 22.5. The van der Waals surface area contributed by atoms with Gasteiger partial charge in [0, 0.05) is 17.7 Å². The number of oxime groups is 1. The van der Waals surface area contributed by atoms with Crippen LogP contribution in [0.4, 0.5) is 0 Å². The fourth-order valence-electron chi connectivity index (χ4n) is 3.93. The second-order valence-electron chi connectivity index (χ2n) is 7.34. The Morgan fingerprint density at radius 2 is 2.12 bits per heavy atom. The van der Waals surface area contributed by atoms with Gasteiger partial charge in [0.25, 0.3) is 0 Å². The molecule has 0 aromatic heterocycles. The van der Waals surface area contributed by atoms with Gasteiger partial charge in [-0.15, -0.1) is 0 Å². The molecule has 0 spiro atoms. The lowest BCUT2D eigenvalue weighted by Gasteiger charge is -2.32. The summed E-state index contributed by atoms with van der Waals surface area (Å²) in [6.45, 7) is 3.64. The summed E-state index contributed by atoms with van der Waals surface area (Å²) in [7, 11) is 3.68. The summed E-state index contributed by atoms with van der Waals surface area (Å²) in [5.41, 5.74) is 2.88. The van der Waals surface area contributed by atoms with Crippen LogP contribution in [0.25, 0.3) is 0 Å². The lowest BCUT2D eigenvalue weighted by molar-refractivity contribution is 0.171. The summed E-state index contributed by atoms with van der Waals surface area (Å²) in [6, 6.07) is 7.19. The van der Waals surface area contributed by atoms with Crippen molar-refractivity contribution in [3.05, 3.63) is 41.0 Å². The molecule has 2 heterocycles. The van der Waals surface area contributed by atoms with Crippen LogP contribution in [0.3, 0.4) is 0 Å². The van der Waals surface area contributed by atoms with Crippen molar-refractivity contribution in [1.82, 2.24) is 4.90 Å². The standard InChI is InChI=1S/C24H26N2O6/c1-4-29-20-12-16(14-25-27)7-8-19(20)30-11-5-6-18-22-17(9-10-26(18)2)13-21-23(24(22)28-3)32-15-31-21/h7-8,12-14,18,27H,4,9-11,15H2,1-3H3/t18-/m0/s1. The number of hydrogen-bond donors (Lipinski definition) is 1. The van der Waals surface area contributed by atoms with Crippen LogP contribution >= 0.6 is 0 Å². The minimum atomic E-state index is -0.152. The van der Waals surface area contributed by atoms with Crippen molar-refractivity contribution in [3.63, 3.8) is 0 Å². The van der Waals surface area contributed by atoms with E-state index < -0.39 is 0 Å². The van der Waals surface area contributed by atoms with Crippen LogP contribution in [-0.4, -0.2) is 57.0 Å². The number of benzene rings is 2. The highest BCUT2D eigenvalue weighted by Gasteiger charge is 2.33. The number of ether oxygens (including phenoxy) is 5. The van der Waals surface area contributed by atoms with E-state index in [4.69, 9.17) is 28.9 Å². The monoisotopic (exact) mass is 438 g/mol. The molecule has 0 fully saturated rings. The number of methoxy groups -OCH3 is 1. The van der Waals surface area contributed by atoms with Crippen molar-refractivity contribution in [2.45, 2.75) is 19.4 Å². The van der Waals surface area contributed by atoms with Crippen molar-refractivity contribution >= 4 is 6.21 Å². The average Bonchev–Trinajstić information content (AvgIpc) is 3.26. The summed E-state index contributed by atoms with van der Waals surface area (Å²) < 4.78 is 28.4. The molecule has 0 saturated carbocycles. The van der Waals surface area contributed by atoms with Crippen LogP contribution in [0.5, 0.6) is 28.7 Å². The smallest absolute Gasteiger partial charge is 0.231 e. The normalized spacial score (nSPS) is 16.9. The topological polar surface area (TPSA) is 82.0 Å². The highest BCUT2D eigenvalue weighted by molar-refractivity contribution is 5.80. The highest BCUT2D eigenvalue weighted by Crippen LogP contribution is 2.49.